The number of nitrogens with one attached hydrogen (secondary N) is 2. The van der Waals surface area contributed by atoms with Gasteiger partial charge in [-0.25, -0.2) is 13.1 Å². The maximum atomic E-state index is 12.5. The molecule has 0 aliphatic rings. The highest BCUT2D eigenvalue weighted by atomic mass is 35.5. The van der Waals surface area contributed by atoms with Gasteiger partial charge in [-0.3, -0.25) is 0 Å². The zero-order chi connectivity index (χ0) is 16.0. The second-order valence-electron chi connectivity index (χ2n) is 5.21. The van der Waals surface area contributed by atoms with Gasteiger partial charge in [0.25, 0.3) is 0 Å². The number of rotatable bonds is 8. The minimum atomic E-state index is -3.60. The van der Waals surface area contributed by atoms with E-state index in [-0.39, 0.29) is 16.9 Å². The quantitative estimate of drug-likeness (QED) is 0.763. The Morgan fingerprint density at radius 1 is 1.33 bits per heavy atom. The lowest BCUT2D eigenvalue weighted by molar-refractivity contribution is 0.157. The summed E-state index contributed by atoms with van der Waals surface area (Å²) in [5.74, 6) is 0.129. The van der Waals surface area contributed by atoms with Gasteiger partial charge in [0, 0.05) is 24.7 Å². The number of ether oxygens (including phenoxy) is 1. The zero-order valence-corrected chi connectivity index (χ0v) is 14.4. The van der Waals surface area contributed by atoms with E-state index in [4.69, 9.17) is 16.3 Å². The minimum absolute atomic E-state index is 0.129. The Hall–Kier alpha value is -0.660. The lowest BCUT2D eigenvalue weighted by Crippen LogP contribution is -2.41. The smallest absolute Gasteiger partial charge is 0.240 e. The third kappa shape index (κ3) is 5.23. The molecule has 120 valence electrons. The summed E-state index contributed by atoms with van der Waals surface area (Å²) >= 11 is 6.06. The molecule has 5 nitrogen and oxygen atoms in total. The van der Waals surface area contributed by atoms with E-state index in [1.165, 1.54) is 6.07 Å². The number of sulfonamides is 1. The first-order valence-electron chi connectivity index (χ1n) is 6.76. The van der Waals surface area contributed by atoms with Gasteiger partial charge < -0.3 is 10.1 Å². The molecular formula is C14H23ClN2O3S. The Morgan fingerprint density at radius 3 is 2.52 bits per heavy atom. The van der Waals surface area contributed by atoms with Crippen LogP contribution < -0.4 is 10.0 Å². The summed E-state index contributed by atoms with van der Waals surface area (Å²) < 4.78 is 32.7. The largest absolute Gasteiger partial charge is 0.383 e. The van der Waals surface area contributed by atoms with Crippen LogP contribution in [0.25, 0.3) is 0 Å². The Balaban J connectivity index is 3.04. The van der Waals surface area contributed by atoms with Crippen LogP contribution in [0.4, 0.5) is 0 Å². The van der Waals surface area contributed by atoms with Crippen LogP contribution >= 0.6 is 11.6 Å². The molecule has 0 spiro atoms. The van der Waals surface area contributed by atoms with Crippen molar-refractivity contribution in [2.75, 3.05) is 20.8 Å². The molecule has 0 heterocycles. The zero-order valence-electron chi connectivity index (χ0n) is 12.8. The van der Waals surface area contributed by atoms with Crippen molar-refractivity contribution in [3.8, 4) is 0 Å². The normalized spacial score (nSPS) is 13.6. The van der Waals surface area contributed by atoms with E-state index < -0.39 is 10.0 Å². The van der Waals surface area contributed by atoms with Gasteiger partial charge in [-0.2, -0.15) is 0 Å². The molecule has 0 fully saturated rings. The highest BCUT2D eigenvalue weighted by Crippen LogP contribution is 2.21. The molecule has 0 radical (unpaired) electrons. The van der Waals surface area contributed by atoms with Gasteiger partial charge in [-0.1, -0.05) is 25.4 Å². The van der Waals surface area contributed by atoms with Crippen LogP contribution in [0.3, 0.4) is 0 Å². The average Bonchev–Trinajstić information content (AvgIpc) is 2.40. The molecule has 1 rings (SSSR count). The van der Waals surface area contributed by atoms with E-state index in [0.717, 1.165) is 5.56 Å². The first-order valence-corrected chi connectivity index (χ1v) is 8.62. The molecule has 0 bridgehead atoms. The molecule has 1 unspecified atom stereocenters. The van der Waals surface area contributed by atoms with Crippen LogP contribution in [0.5, 0.6) is 0 Å². The first kappa shape index (κ1) is 18.4. The molecule has 1 aromatic carbocycles. The standard InChI is InChI=1S/C14H23ClN2O3S/c1-10(2)14(9-20-4)17-21(18,19)12-5-6-13(15)11(7-12)8-16-3/h5-7,10,14,16-17H,8-9H2,1-4H3. The van der Waals surface area contributed by atoms with E-state index in [1.54, 1.807) is 26.3 Å². The Morgan fingerprint density at radius 2 is 2.00 bits per heavy atom. The fourth-order valence-corrected chi connectivity index (χ4v) is 3.46. The van der Waals surface area contributed by atoms with Gasteiger partial charge in [0.05, 0.1) is 11.5 Å². The molecule has 1 aromatic rings. The van der Waals surface area contributed by atoms with Crippen molar-refractivity contribution in [2.24, 2.45) is 5.92 Å². The van der Waals surface area contributed by atoms with Crippen LogP contribution in [0.2, 0.25) is 5.02 Å². The van der Waals surface area contributed by atoms with E-state index in [1.807, 2.05) is 13.8 Å². The monoisotopic (exact) mass is 334 g/mol. The number of benzene rings is 1. The summed E-state index contributed by atoms with van der Waals surface area (Å²) in [4.78, 5) is 0.207. The van der Waals surface area contributed by atoms with Crippen molar-refractivity contribution >= 4 is 21.6 Å². The van der Waals surface area contributed by atoms with Gasteiger partial charge in [-0.05, 0) is 36.7 Å². The molecular weight excluding hydrogens is 312 g/mol. The summed E-state index contributed by atoms with van der Waals surface area (Å²) in [5.41, 5.74) is 0.745. The van der Waals surface area contributed by atoms with Gasteiger partial charge in [0.2, 0.25) is 10.0 Å². The maximum Gasteiger partial charge on any atom is 0.240 e. The lowest BCUT2D eigenvalue weighted by Gasteiger charge is -2.21. The molecule has 0 saturated heterocycles. The van der Waals surface area contributed by atoms with Gasteiger partial charge in [-0.15, -0.1) is 0 Å². The van der Waals surface area contributed by atoms with Crippen LogP contribution in [-0.4, -0.2) is 35.2 Å². The van der Waals surface area contributed by atoms with Crippen molar-refractivity contribution in [1.29, 1.82) is 0 Å². The van der Waals surface area contributed by atoms with E-state index in [2.05, 4.69) is 10.0 Å². The van der Waals surface area contributed by atoms with Crippen LogP contribution in [0.15, 0.2) is 23.1 Å². The molecule has 0 aliphatic carbocycles. The van der Waals surface area contributed by atoms with Crippen molar-refractivity contribution in [3.63, 3.8) is 0 Å². The lowest BCUT2D eigenvalue weighted by atomic mass is 10.1. The average molecular weight is 335 g/mol. The molecule has 0 saturated carbocycles. The summed E-state index contributed by atoms with van der Waals surface area (Å²) in [7, 11) is -0.267. The van der Waals surface area contributed by atoms with Crippen molar-refractivity contribution in [2.45, 2.75) is 31.3 Å². The third-order valence-corrected chi connectivity index (χ3v) is 5.01. The summed E-state index contributed by atoms with van der Waals surface area (Å²) in [6.45, 7) is 4.72. The fraction of sp³-hybridized carbons (Fsp3) is 0.571. The predicted octanol–water partition coefficient (Wildman–Crippen LogP) is 2.01. The number of hydrogen-bond acceptors (Lipinski definition) is 4. The van der Waals surface area contributed by atoms with Gasteiger partial charge in [0.15, 0.2) is 0 Å². The Labute approximate surface area is 132 Å². The second-order valence-corrected chi connectivity index (χ2v) is 7.33. The maximum absolute atomic E-state index is 12.5. The molecule has 7 heteroatoms. The molecule has 0 amide bonds. The van der Waals surface area contributed by atoms with Crippen LogP contribution in [0.1, 0.15) is 19.4 Å². The molecule has 0 aliphatic heterocycles. The molecule has 2 N–H and O–H groups in total. The summed E-state index contributed by atoms with van der Waals surface area (Å²) in [6, 6.07) is 4.42. The third-order valence-electron chi connectivity index (χ3n) is 3.15. The number of halogens is 1. The van der Waals surface area contributed by atoms with Crippen molar-refractivity contribution in [3.05, 3.63) is 28.8 Å². The minimum Gasteiger partial charge on any atom is -0.383 e. The number of methoxy groups -OCH3 is 1. The summed E-state index contributed by atoms with van der Waals surface area (Å²) in [6.07, 6.45) is 0. The first-order chi connectivity index (χ1) is 9.81. The van der Waals surface area contributed by atoms with Gasteiger partial charge >= 0.3 is 0 Å². The Kier molecular flexibility index (Phi) is 7.09. The SMILES string of the molecule is CNCc1cc(S(=O)(=O)NC(COC)C(C)C)ccc1Cl. The van der Waals surface area contributed by atoms with E-state index in [0.29, 0.717) is 18.2 Å². The van der Waals surface area contributed by atoms with E-state index >= 15 is 0 Å². The van der Waals surface area contributed by atoms with Gasteiger partial charge in [0.1, 0.15) is 0 Å². The van der Waals surface area contributed by atoms with E-state index in [9.17, 15) is 8.42 Å². The predicted molar refractivity (Wildman–Crippen MR) is 85.0 cm³/mol. The van der Waals surface area contributed by atoms with Crippen LogP contribution in [-0.2, 0) is 21.3 Å². The fourth-order valence-electron chi connectivity index (χ4n) is 1.85. The molecule has 1 atom stereocenters. The number of hydrogen-bond donors (Lipinski definition) is 2. The highest BCUT2D eigenvalue weighted by Gasteiger charge is 2.23. The van der Waals surface area contributed by atoms with Crippen molar-refractivity contribution < 1.29 is 13.2 Å². The summed E-state index contributed by atoms with van der Waals surface area (Å²) in [5, 5.41) is 3.51. The van der Waals surface area contributed by atoms with Crippen molar-refractivity contribution in [1.82, 2.24) is 10.0 Å². The molecule has 21 heavy (non-hydrogen) atoms. The Bertz CT molecular complexity index is 561. The van der Waals surface area contributed by atoms with Crippen LogP contribution in [0, 0.1) is 5.92 Å². The molecule has 0 aromatic heterocycles. The highest BCUT2D eigenvalue weighted by molar-refractivity contribution is 7.89. The second kappa shape index (κ2) is 8.10. The topological polar surface area (TPSA) is 67.4 Å².